The summed E-state index contributed by atoms with van der Waals surface area (Å²) in [5.41, 5.74) is 2.01. The van der Waals surface area contributed by atoms with E-state index in [0.717, 1.165) is 11.3 Å². The van der Waals surface area contributed by atoms with Crippen LogP contribution in [0.1, 0.15) is 34.9 Å². The Balaban J connectivity index is 1.48. The molecule has 0 saturated heterocycles. The average molecular weight is 444 g/mol. The number of ether oxygens (including phenoxy) is 1. The van der Waals surface area contributed by atoms with Crippen LogP contribution in [0.2, 0.25) is 5.02 Å². The lowest BCUT2D eigenvalue weighted by atomic mass is 10.1. The van der Waals surface area contributed by atoms with Gasteiger partial charge in [0.05, 0.1) is 0 Å². The van der Waals surface area contributed by atoms with Crippen LogP contribution in [0.15, 0.2) is 53.9 Å². The zero-order chi connectivity index (χ0) is 21.5. The molecule has 0 atom stereocenters. The van der Waals surface area contributed by atoms with Gasteiger partial charge in [-0.05, 0) is 42.0 Å². The molecule has 2 aromatic carbocycles. The van der Waals surface area contributed by atoms with E-state index in [9.17, 15) is 9.59 Å². The Kier molecular flexibility index (Phi) is 7.43. The van der Waals surface area contributed by atoms with Gasteiger partial charge in [0, 0.05) is 28.6 Å². The smallest absolute Gasteiger partial charge is 0.271 e. The Labute approximate surface area is 184 Å². The average Bonchev–Trinajstić information content (AvgIpc) is 3.22. The van der Waals surface area contributed by atoms with Gasteiger partial charge >= 0.3 is 0 Å². The van der Waals surface area contributed by atoms with Crippen molar-refractivity contribution < 1.29 is 14.3 Å². The number of nitrogens with zero attached hydrogens (tertiary/aromatic N) is 1. The van der Waals surface area contributed by atoms with Crippen LogP contribution < -0.4 is 15.4 Å². The molecule has 30 heavy (non-hydrogen) atoms. The van der Waals surface area contributed by atoms with Crippen molar-refractivity contribution in [3.63, 3.8) is 0 Å². The van der Waals surface area contributed by atoms with E-state index >= 15 is 0 Å². The second kappa shape index (κ2) is 10.2. The molecule has 0 aliphatic heterocycles. The number of nitrogens with one attached hydrogen (secondary N) is 2. The number of amides is 2. The molecule has 156 valence electrons. The predicted octanol–water partition coefficient (Wildman–Crippen LogP) is 4.90. The molecule has 0 spiro atoms. The van der Waals surface area contributed by atoms with Crippen LogP contribution in [0, 0.1) is 5.92 Å². The Morgan fingerprint density at radius 1 is 1.10 bits per heavy atom. The molecule has 0 aliphatic carbocycles. The highest BCUT2D eigenvalue weighted by Crippen LogP contribution is 2.18. The van der Waals surface area contributed by atoms with Crippen molar-refractivity contribution in [1.29, 1.82) is 0 Å². The van der Waals surface area contributed by atoms with Crippen LogP contribution in [0.25, 0.3) is 0 Å². The lowest BCUT2D eigenvalue weighted by Crippen LogP contribution is -2.23. The van der Waals surface area contributed by atoms with E-state index in [1.165, 1.54) is 11.3 Å². The molecule has 0 unspecified atom stereocenters. The van der Waals surface area contributed by atoms with Crippen LogP contribution in [0.4, 0.5) is 5.69 Å². The molecular formula is C22H22ClN3O3S. The van der Waals surface area contributed by atoms with Gasteiger partial charge in [-0.1, -0.05) is 37.6 Å². The zero-order valence-corrected chi connectivity index (χ0v) is 18.2. The molecule has 0 fully saturated rings. The topological polar surface area (TPSA) is 80.3 Å². The summed E-state index contributed by atoms with van der Waals surface area (Å²) in [6.07, 6.45) is 0. The summed E-state index contributed by atoms with van der Waals surface area (Å²) in [5.74, 6) is 0.328. The molecule has 3 rings (SSSR count). The largest absolute Gasteiger partial charge is 0.486 e. The van der Waals surface area contributed by atoms with Crippen molar-refractivity contribution in [2.75, 3.05) is 5.32 Å². The lowest BCUT2D eigenvalue weighted by Gasteiger charge is -2.09. The molecule has 0 bridgehead atoms. The highest BCUT2D eigenvalue weighted by molar-refractivity contribution is 7.09. The minimum absolute atomic E-state index is 0.0320. The number of halogens is 1. The molecule has 6 nitrogen and oxygen atoms in total. The maximum atomic E-state index is 12.4. The molecule has 1 heterocycles. The fraction of sp³-hybridized carbons (Fsp3) is 0.227. The summed E-state index contributed by atoms with van der Waals surface area (Å²) in [4.78, 5) is 28.4. The third-order valence-electron chi connectivity index (χ3n) is 4.16. The first-order chi connectivity index (χ1) is 14.4. The zero-order valence-electron chi connectivity index (χ0n) is 16.6. The normalized spacial score (nSPS) is 10.7. The summed E-state index contributed by atoms with van der Waals surface area (Å²) in [7, 11) is 0. The number of anilines is 1. The predicted molar refractivity (Wildman–Crippen MR) is 119 cm³/mol. The van der Waals surface area contributed by atoms with Gasteiger partial charge in [0.15, 0.2) is 0 Å². The second-order valence-electron chi connectivity index (χ2n) is 6.89. The molecule has 3 aromatic rings. The van der Waals surface area contributed by atoms with E-state index in [1.54, 1.807) is 29.6 Å². The molecule has 0 radical (unpaired) electrons. The number of carbonyl (C=O) groups excluding carboxylic acids is 2. The highest BCUT2D eigenvalue weighted by Gasteiger charge is 2.11. The summed E-state index contributed by atoms with van der Waals surface area (Å²) < 4.78 is 5.65. The summed E-state index contributed by atoms with van der Waals surface area (Å²) in [6, 6.07) is 14.4. The van der Waals surface area contributed by atoms with Crippen molar-refractivity contribution in [3.8, 4) is 5.75 Å². The first kappa shape index (κ1) is 21.8. The van der Waals surface area contributed by atoms with E-state index in [1.807, 2.05) is 38.1 Å². The van der Waals surface area contributed by atoms with Crippen LogP contribution in [0.3, 0.4) is 0 Å². The fourth-order valence-corrected chi connectivity index (χ4v) is 3.23. The van der Waals surface area contributed by atoms with Crippen molar-refractivity contribution in [2.45, 2.75) is 27.0 Å². The quantitative estimate of drug-likeness (QED) is 0.519. The number of thiazole rings is 1. The number of aromatic nitrogens is 1. The molecule has 2 amide bonds. The maximum Gasteiger partial charge on any atom is 0.271 e. The van der Waals surface area contributed by atoms with Crippen LogP contribution >= 0.6 is 22.9 Å². The Morgan fingerprint density at radius 3 is 2.47 bits per heavy atom. The molecule has 2 N–H and O–H groups in total. The van der Waals surface area contributed by atoms with E-state index < -0.39 is 0 Å². The van der Waals surface area contributed by atoms with Gasteiger partial charge in [-0.2, -0.15) is 0 Å². The lowest BCUT2D eigenvalue weighted by molar-refractivity contribution is -0.118. The first-order valence-corrected chi connectivity index (χ1v) is 10.7. The van der Waals surface area contributed by atoms with Crippen molar-refractivity contribution in [1.82, 2.24) is 10.3 Å². The molecule has 0 aliphatic rings. The standard InChI is InChI=1S/C22H22ClN3O3S/c1-14(2)21(27)25-17-7-3-15(4-8-17)11-24-22(28)19-13-30-20(26-19)12-29-18-9-5-16(23)6-10-18/h3-10,13-14H,11-12H2,1-2H3,(H,24,28)(H,25,27). The Bertz CT molecular complexity index is 1000. The highest BCUT2D eigenvalue weighted by atomic mass is 35.5. The molecular weight excluding hydrogens is 422 g/mol. The summed E-state index contributed by atoms with van der Waals surface area (Å²) in [6.45, 7) is 4.33. The minimum Gasteiger partial charge on any atom is -0.486 e. The van der Waals surface area contributed by atoms with Gasteiger partial charge < -0.3 is 15.4 Å². The van der Waals surface area contributed by atoms with E-state index in [-0.39, 0.29) is 24.3 Å². The van der Waals surface area contributed by atoms with E-state index in [2.05, 4.69) is 15.6 Å². The first-order valence-electron chi connectivity index (χ1n) is 9.41. The fourth-order valence-electron chi connectivity index (χ4n) is 2.42. The maximum absolute atomic E-state index is 12.4. The van der Waals surface area contributed by atoms with Gasteiger partial charge in [0.1, 0.15) is 23.1 Å². The third kappa shape index (κ3) is 6.30. The van der Waals surface area contributed by atoms with Crippen molar-refractivity contribution in [2.24, 2.45) is 5.92 Å². The van der Waals surface area contributed by atoms with E-state index in [0.29, 0.717) is 28.0 Å². The van der Waals surface area contributed by atoms with Gasteiger partial charge in [-0.25, -0.2) is 4.98 Å². The van der Waals surface area contributed by atoms with Crippen LogP contribution in [-0.2, 0) is 17.9 Å². The number of hydrogen-bond acceptors (Lipinski definition) is 5. The number of benzene rings is 2. The minimum atomic E-state index is -0.249. The number of rotatable bonds is 8. The van der Waals surface area contributed by atoms with E-state index in [4.69, 9.17) is 16.3 Å². The molecule has 8 heteroatoms. The molecule has 1 aromatic heterocycles. The van der Waals surface area contributed by atoms with Gasteiger partial charge in [0.25, 0.3) is 5.91 Å². The summed E-state index contributed by atoms with van der Waals surface area (Å²) >= 11 is 7.22. The molecule has 0 saturated carbocycles. The number of hydrogen-bond donors (Lipinski definition) is 2. The Hall–Kier alpha value is -2.90. The van der Waals surface area contributed by atoms with Crippen LogP contribution in [-0.4, -0.2) is 16.8 Å². The van der Waals surface area contributed by atoms with Crippen molar-refractivity contribution >= 4 is 40.4 Å². The Morgan fingerprint density at radius 2 is 1.80 bits per heavy atom. The van der Waals surface area contributed by atoms with Crippen molar-refractivity contribution in [3.05, 3.63) is 75.2 Å². The van der Waals surface area contributed by atoms with Gasteiger partial charge in [0.2, 0.25) is 5.91 Å². The summed E-state index contributed by atoms with van der Waals surface area (Å²) in [5, 5.41) is 8.75. The number of carbonyl (C=O) groups is 2. The van der Waals surface area contributed by atoms with Gasteiger partial charge in [-0.3, -0.25) is 9.59 Å². The SMILES string of the molecule is CC(C)C(=O)Nc1ccc(CNC(=O)c2csc(COc3ccc(Cl)cc3)n2)cc1. The van der Waals surface area contributed by atoms with Gasteiger partial charge in [-0.15, -0.1) is 11.3 Å². The second-order valence-corrected chi connectivity index (χ2v) is 8.27. The third-order valence-corrected chi connectivity index (χ3v) is 5.23. The van der Waals surface area contributed by atoms with Crippen LogP contribution in [0.5, 0.6) is 5.75 Å². The monoisotopic (exact) mass is 443 g/mol.